The average molecular weight is 270 g/mol. The van der Waals surface area contributed by atoms with E-state index in [-0.39, 0.29) is 6.04 Å². The molecule has 0 amide bonds. The Bertz CT molecular complexity index is 689. The van der Waals surface area contributed by atoms with Crippen molar-refractivity contribution in [2.24, 2.45) is 0 Å². The Morgan fingerprint density at radius 1 is 1.30 bits per heavy atom. The number of aromatic nitrogens is 1. The van der Waals surface area contributed by atoms with Gasteiger partial charge in [0.15, 0.2) is 0 Å². The molecule has 4 rings (SSSR count). The van der Waals surface area contributed by atoms with Gasteiger partial charge in [-0.3, -0.25) is 9.69 Å². The summed E-state index contributed by atoms with van der Waals surface area (Å²) in [6.07, 6.45) is 2.37. The second kappa shape index (κ2) is 4.35. The van der Waals surface area contributed by atoms with E-state index in [1.807, 2.05) is 12.1 Å². The topological polar surface area (TPSA) is 45.3 Å². The summed E-state index contributed by atoms with van der Waals surface area (Å²) >= 11 is 0. The van der Waals surface area contributed by atoms with E-state index in [0.29, 0.717) is 18.6 Å². The number of hydrogen-bond acceptors (Lipinski definition) is 3. The third kappa shape index (κ3) is 1.61. The van der Waals surface area contributed by atoms with E-state index in [0.717, 1.165) is 30.8 Å². The van der Waals surface area contributed by atoms with Gasteiger partial charge in [0.05, 0.1) is 13.2 Å². The fourth-order valence-electron chi connectivity index (χ4n) is 3.69. The number of carbonyl (C=O) groups excluding carboxylic acids is 1. The van der Waals surface area contributed by atoms with Crippen LogP contribution in [0, 0.1) is 0 Å². The molecule has 2 aromatic rings. The standard InChI is InChI=1S/C16H18N2O2/c1-20-14-4-2-3-12-15(14)11-6-8-18-7-5-10(19)9-13(18)16(11)17-12/h2-4,13,17H,5-9H2,1H3. The van der Waals surface area contributed by atoms with Crippen molar-refractivity contribution in [3.8, 4) is 5.75 Å². The Morgan fingerprint density at radius 3 is 3.00 bits per heavy atom. The summed E-state index contributed by atoms with van der Waals surface area (Å²) in [6.45, 7) is 1.94. The van der Waals surface area contributed by atoms with Crippen molar-refractivity contribution in [2.45, 2.75) is 25.3 Å². The van der Waals surface area contributed by atoms with Gasteiger partial charge < -0.3 is 9.72 Å². The normalized spacial score (nSPS) is 22.6. The molecule has 1 fully saturated rings. The number of nitrogens with one attached hydrogen (secondary N) is 1. The number of benzene rings is 1. The summed E-state index contributed by atoms with van der Waals surface area (Å²) in [5.74, 6) is 1.31. The lowest BCUT2D eigenvalue weighted by molar-refractivity contribution is -0.123. The van der Waals surface area contributed by atoms with Gasteiger partial charge in [-0.2, -0.15) is 0 Å². The van der Waals surface area contributed by atoms with Crippen LogP contribution >= 0.6 is 0 Å². The van der Waals surface area contributed by atoms with Crippen LogP contribution in [0.4, 0.5) is 0 Å². The lowest BCUT2D eigenvalue weighted by atomic mass is 9.90. The number of H-pyrrole nitrogens is 1. The quantitative estimate of drug-likeness (QED) is 0.865. The number of methoxy groups -OCH3 is 1. The molecule has 3 heterocycles. The number of hydrogen-bond donors (Lipinski definition) is 1. The van der Waals surface area contributed by atoms with Crippen LogP contribution in [-0.4, -0.2) is 35.9 Å². The van der Waals surface area contributed by atoms with Gasteiger partial charge in [-0.15, -0.1) is 0 Å². The Kier molecular flexibility index (Phi) is 2.60. The van der Waals surface area contributed by atoms with Crippen molar-refractivity contribution in [3.63, 3.8) is 0 Å². The zero-order valence-electron chi connectivity index (χ0n) is 11.6. The van der Waals surface area contributed by atoms with Gasteiger partial charge in [-0.25, -0.2) is 0 Å². The van der Waals surface area contributed by atoms with Crippen LogP contribution < -0.4 is 4.74 Å². The molecular formula is C16H18N2O2. The van der Waals surface area contributed by atoms with Crippen LogP contribution in [0.15, 0.2) is 18.2 Å². The molecule has 1 aromatic heterocycles. The highest BCUT2D eigenvalue weighted by molar-refractivity contribution is 5.91. The van der Waals surface area contributed by atoms with Crippen LogP contribution in [0.2, 0.25) is 0 Å². The number of Topliss-reactive ketones (excluding diaryl/α,β-unsaturated/α-hetero) is 1. The van der Waals surface area contributed by atoms with Crippen molar-refractivity contribution < 1.29 is 9.53 Å². The number of fused-ring (bicyclic) bond motifs is 5. The second-order valence-electron chi connectivity index (χ2n) is 5.69. The van der Waals surface area contributed by atoms with Gasteiger partial charge in [0.2, 0.25) is 0 Å². The zero-order valence-corrected chi connectivity index (χ0v) is 11.6. The van der Waals surface area contributed by atoms with E-state index in [1.165, 1.54) is 16.6 Å². The van der Waals surface area contributed by atoms with Gasteiger partial charge >= 0.3 is 0 Å². The zero-order chi connectivity index (χ0) is 13.7. The van der Waals surface area contributed by atoms with Crippen LogP contribution in [0.5, 0.6) is 5.75 Å². The molecule has 0 aliphatic carbocycles. The highest BCUT2D eigenvalue weighted by Crippen LogP contribution is 2.41. The van der Waals surface area contributed by atoms with E-state index in [9.17, 15) is 4.79 Å². The molecule has 0 bridgehead atoms. The monoisotopic (exact) mass is 270 g/mol. The Hall–Kier alpha value is -1.81. The predicted octanol–water partition coefficient (Wildman–Crippen LogP) is 2.44. The number of piperidine rings is 1. The van der Waals surface area contributed by atoms with Gasteiger partial charge in [0.25, 0.3) is 0 Å². The minimum absolute atomic E-state index is 0.233. The summed E-state index contributed by atoms with van der Waals surface area (Å²) in [6, 6.07) is 6.34. The van der Waals surface area contributed by atoms with Gasteiger partial charge in [-0.1, -0.05) is 6.07 Å². The molecule has 2 aliphatic rings. The lowest BCUT2D eigenvalue weighted by Crippen LogP contribution is -2.41. The third-order valence-electron chi connectivity index (χ3n) is 4.66. The van der Waals surface area contributed by atoms with Crippen molar-refractivity contribution in [1.29, 1.82) is 0 Å². The fourth-order valence-corrected chi connectivity index (χ4v) is 3.69. The maximum atomic E-state index is 11.8. The number of rotatable bonds is 1. The van der Waals surface area contributed by atoms with E-state index in [4.69, 9.17) is 4.74 Å². The molecule has 1 unspecified atom stereocenters. The van der Waals surface area contributed by atoms with Crippen molar-refractivity contribution in [1.82, 2.24) is 9.88 Å². The Labute approximate surface area is 117 Å². The predicted molar refractivity (Wildman–Crippen MR) is 77.1 cm³/mol. The molecule has 104 valence electrons. The van der Waals surface area contributed by atoms with Crippen LogP contribution in [-0.2, 0) is 11.2 Å². The number of aromatic amines is 1. The average Bonchev–Trinajstić information content (AvgIpc) is 2.86. The molecule has 0 spiro atoms. The summed E-state index contributed by atoms with van der Waals surface area (Å²) < 4.78 is 5.51. The van der Waals surface area contributed by atoms with Crippen LogP contribution in [0.25, 0.3) is 10.9 Å². The summed E-state index contributed by atoms with van der Waals surface area (Å²) in [4.78, 5) is 17.8. The van der Waals surface area contributed by atoms with Gasteiger partial charge in [-0.05, 0) is 24.1 Å². The molecule has 1 saturated heterocycles. The lowest BCUT2D eigenvalue weighted by Gasteiger charge is -2.38. The third-order valence-corrected chi connectivity index (χ3v) is 4.66. The van der Waals surface area contributed by atoms with E-state index < -0.39 is 0 Å². The first-order valence-electron chi connectivity index (χ1n) is 7.21. The SMILES string of the molecule is COc1cccc2[nH]c3c(c12)CCN1CCC(=O)CC31. The first-order chi connectivity index (χ1) is 9.78. The molecule has 4 nitrogen and oxygen atoms in total. The van der Waals surface area contributed by atoms with E-state index in [2.05, 4.69) is 16.0 Å². The van der Waals surface area contributed by atoms with Crippen molar-refractivity contribution >= 4 is 16.7 Å². The van der Waals surface area contributed by atoms with Crippen LogP contribution in [0.3, 0.4) is 0 Å². The maximum Gasteiger partial charge on any atom is 0.136 e. The highest BCUT2D eigenvalue weighted by Gasteiger charge is 2.35. The van der Waals surface area contributed by atoms with E-state index in [1.54, 1.807) is 7.11 Å². The number of ketones is 1. The van der Waals surface area contributed by atoms with Gasteiger partial charge in [0, 0.05) is 42.5 Å². The molecule has 4 heteroatoms. The molecule has 20 heavy (non-hydrogen) atoms. The number of carbonyl (C=O) groups is 1. The smallest absolute Gasteiger partial charge is 0.136 e. The molecule has 1 atom stereocenters. The van der Waals surface area contributed by atoms with Gasteiger partial charge in [0.1, 0.15) is 11.5 Å². The summed E-state index contributed by atoms with van der Waals surface area (Å²) in [5.41, 5.74) is 3.69. The molecule has 0 saturated carbocycles. The van der Waals surface area contributed by atoms with Crippen molar-refractivity contribution in [2.75, 3.05) is 20.2 Å². The minimum Gasteiger partial charge on any atom is -0.496 e. The van der Waals surface area contributed by atoms with Crippen LogP contribution in [0.1, 0.15) is 30.1 Å². The first-order valence-corrected chi connectivity index (χ1v) is 7.21. The minimum atomic E-state index is 0.233. The molecule has 1 N–H and O–H groups in total. The summed E-state index contributed by atoms with van der Waals surface area (Å²) in [5, 5.41) is 1.20. The molecule has 2 aliphatic heterocycles. The Morgan fingerprint density at radius 2 is 2.15 bits per heavy atom. The largest absolute Gasteiger partial charge is 0.496 e. The maximum absolute atomic E-state index is 11.8. The van der Waals surface area contributed by atoms with Crippen molar-refractivity contribution in [3.05, 3.63) is 29.5 Å². The molecule has 0 radical (unpaired) electrons. The first kappa shape index (κ1) is 12.0. The number of ether oxygens (including phenoxy) is 1. The molecule has 1 aromatic carbocycles. The highest BCUT2D eigenvalue weighted by atomic mass is 16.5. The second-order valence-corrected chi connectivity index (χ2v) is 5.69. The fraction of sp³-hybridized carbons (Fsp3) is 0.438. The van der Waals surface area contributed by atoms with E-state index >= 15 is 0 Å². The number of nitrogens with zero attached hydrogens (tertiary/aromatic N) is 1. The Balaban J connectivity index is 1.90. The molecular weight excluding hydrogens is 252 g/mol. The summed E-state index contributed by atoms with van der Waals surface area (Å²) in [7, 11) is 1.72.